The molecule has 0 bridgehead atoms. The first-order valence-electron chi connectivity index (χ1n) is 6.58. The second-order valence-electron chi connectivity index (χ2n) is 5.13. The Kier molecular flexibility index (Phi) is 11.0. The fraction of sp³-hybridized carbons (Fsp3) is 0.176. The number of hydrogen-bond acceptors (Lipinski definition) is 4. The number of aryl methyl sites for hydroxylation is 2. The third kappa shape index (κ3) is 5.98. The molecule has 0 radical (unpaired) electrons. The first-order chi connectivity index (χ1) is 9.88. The molecule has 0 saturated carbocycles. The van der Waals surface area contributed by atoms with Crippen LogP contribution >= 0.6 is 12.2 Å². The molecule has 7 heteroatoms. The van der Waals surface area contributed by atoms with Gasteiger partial charge >= 0.3 is 29.6 Å². The third-order valence-electron chi connectivity index (χ3n) is 3.30. The molecule has 0 amide bonds. The molecule has 5 nitrogen and oxygen atoms in total. The zero-order valence-corrected chi connectivity index (χ0v) is 16.8. The van der Waals surface area contributed by atoms with Crippen molar-refractivity contribution in [1.82, 2.24) is 0 Å². The molecular weight excluding hydrogens is 337 g/mol. The molecule has 0 saturated heterocycles. The number of hydrogen-bond donors (Lipinski definition) is 1. The van der Waals surface area contributed by atoms with Crippen LogP contribution in [-0.4, -0.2) is 21.8 Å². The Morgan fingerprint density at radius 2 is 1.62 bits per heavy atom. The molecule has 0 aliphatic heterocycles. The quantitative estimate of drug-likeness (QED) is 0.276. The zero-order chi connectivity index (χ0) is 15.6. The van der Waals surface area contributed by atoms with Gasteiger partial charge in [0, 0.05) is 23.6 Å². The Hall–Kier alpha value is -1.28. The van der Waals surface area contributed by atoms with E-state index in [1.165, 1.54) is 0 Å². The number of nitrogen functional groups attached to an aromatic ring is 1. The number of nitrogens with two attached hydrogens (primary N) is 1. The van der Waals surface area contributed by atoms with Crippen molar-refractivity contribution in [3.8, 4) is 0 Å². The van der Waals surface area contributed by atoms with Gasteiger partial charge in [0.1, 0.15) is 0 Å². The molecule has 2 aromatic rings. The van der Waals surface area contributed by atoms with Gasteiger partial charge in [-0.2, -0.15) is 0 Å². The number of benzene rings is 2. The summed E-state index contributed by atoms with van der Waals surface area (Å²) in [6, 6.07) is 11.5. The molecule has 124 valence electrons. The van der Waals surface area contributed by atoms with Crippen LogP contribution in [0.4, 0.5) is 5.69 Å². The number of carboxylic acid groups (broad SMARTS) is 1. The standard InChI is InChI=1S/C17H17NO2S.Na.2H2O/c1-10-3-5-12(6-4-10)17(21)14-8-11(2)7-13(16(14)18)9-15(19)20;;;/h3-8H,9,18H2,1-2H3,(H,19,20);;2*1H2/q;+1;;/p-1. The van der Waals surface area contributed by atoms with Gasteiger partial charge in [0.25, 0.3) is 0 Å². The molecular formula is C17H20NNaO4S. The molecule has 6 N–H and O–H groups in total. The number of carbonyl (C=O) groups is 1. The van der Waals surface area contributed by atoms with E-state index < -0.39 is 5.97 Å². The summed E-state index contributed by atoms with van der Waals surface area (Å²) in [5, 5.41) is 10.8. The summed E-state index contributed by atoms with van der Waals surface area (Å²) in [4.78, 5) is 11.4. The first-order valence-corrected chi connectivity index (χ1v) is 6.99. The van der Waals surface area contributed by atoms with Crippen molar-refractivity contribution >= 4 is 28.7 Å². The van der Waals surface area contributed by atoms with Crippen molar-refractivity contribution < 1.29 is 50.4 Å². The summed E-state index contributed by atoms with van der Waals surface area (Å²) < 4.78 is 0. The van der Waals surface area contributed by atoms with Crippen molar-refractivity contribution in [2.24, 2.45) is 0 Å². The van der Waals surface area contributed by atoms with Crippen LogP contribution in [0.15, 0.2) is 36.4 Å². The number of aliphatic carboxylic acids is 1. The van der Waals surface area contributed by atoms with Gasteiger partial charge in [-0.25, -0.2) is 0 Å². The van der Waals surface area contributed by atoms with E-state index in [4.69, 9.17) is 18.0 Å². The van der Waals surface area contributed by atoms with E-state index in [-0.39, 0.29) is 46.9 Å². The molecule has 24 heavy (non-hydrogen) atoms. The van der Waals surface area contributed by atoms with E-state index in [1.807, 2.05) is 44.2 Å². The topological polar surface area (TPSA) is 129 Å². The summed E-state index contributed by atoms with van der Waals surface area (Å²) in [5.41, 5.74) is 10.7. The van der Waals surface area contributed by atoms with Gasteiger partial charge in [0.15, 0.2) is 0 Å². The van der Waals surface area contributed by atoms with Crippen LogP contribution in [0.5, 0.6) is 0 Å². The van der Waals surface area contributed by atoms with Gasteiger partial charge in [-0.05, 0) is 31.0 Å². The number of rotatable bonds is 4. The van der Waals surface area contributed by atoms with Crippen molar-refractivity contribution in [3.05, 3.63) is 64.2 Å². The fourth-order valence-electron chi connectivity index (χ4n) is 2.22. The fourth-order valence-corrected chi connectivity index (χ4v) is 2.53. The molecule has 2 rings (SSSR count). The van der Waals surface area contributed by atoms with Crippen LogP contribution in [0.3, 0.4) is 0 Å². The predicted molar refractivity (Wildman–Crippen MR) is 93.5 cm³/mol. The minimum absolute atomic E-state index is 0. The number of anilines is 1. The van der Waals surface area contributed by atoms with E-state index in [2.05, 4.69) is 0 Å². The van der Waals surface area contributed by atoms with Crippen molar-refractivity contribution in [3.63, 3.8) is 0 Å². The Morgan fingerprint density at radius 3 is 2.12 bits per heavy atom. The number of thiocarbonyl (C=S) groups is 1. The molecule has 0 aromatic heterocycles. The van der Waals surface area contributed by atoms with Gasteiger partial charge in [0.05, 0.1) is 4.86 Å². The van der Waals surface area contributed by atoms with Crippen LogP contribution in [0.1, 0.15) is 27.8 Å². The molecule has 0 heterocycles. The molecule has 0 aliphatic rings. The summed E-state index contributed by atoms with van der Waals surface area (Å²) in [6.07, 6.45) is -0.211. The Balaban J connectivity index is 0. The van der Waals surface area contributed by atoms with E-state index in [0.29, 0.717) is 21.7 Å². The van der Waals surface area contributed by atoms with Gasteiger partial charge < -0.3 is 26.6 Å². The minimum atomic E-state index is -1.15. The maximum atomic E-state index is 10.8. The maximum absolute atomic E-state index is 10.8. The maximum Gasteiger partial charge on any atom is 1.00 e. The normalized spacial score (nSPS) is 9.08. The average Bonchev–Trinajstić information content (AvgIpc) is 2.42. The van der Waals surface area contributed by atoms with Crippen molar-refractivity contribution in [2.45, 2.75) is 20.3 Å². The monoisotopic (exact) mass is 357 g/mol. The van der Waals surface area contributed by atoms with Gasteiger partial charge in [-0.1, -0.05) is 53.7 Å². The van der Waals surface area contributed by atoms with Crippen LogP contribution in [-0.2, 0) is 11.2 Å². The van der Waals surface area contributed by atoms with E-state index >= 15 is 0 Å². The van der Waals surface area contributed by atoms with E-state index in [0.717, 1.165) is 16.7 Å². The third-order valence-corrected chi connectivity index (χ3v) is 3.76. The van der Waals surface area contributed by atoms with Crippen LogP contribution < -0.4 is 40.4 Å². The van der Waals surface area contributed by atoms with Crippen molar-refractivity contribution in [1.29, 1.82) is 0 Å². The smallest absolute Gasteiger partial charge is 0.550 e. The molecule has 0 unspecified atom stereocenters. The molecule has 0 aliphatic carbocycles. The SMILES string of the molecule is Cc1ccc(C(=S)c2cc(C)cc(CC(=O)[O-])c2N)cc1.O.O.[Na+]. The van der Waals surface area contributed by atoms with Gasteiger partial charge in [-0.3, -0.25) is 0 Å². The second kappa shape index (κ2) is 10.6. The summed E-state index contributed by atoms with van der Waals surface area (Å²) >= 11 is 5.51. The zero-order valence-electron chi connectivity index (χ0n) is 14.0. The van der Waals surface area contributed by atoms with Crippen LogP contribution in [0.25, 0.3) is 0 Å². The summed E-state index contributed by atoms with van der Waals surface area (Å²) in [6.45, 7) is 3.89. The molecule has 0 atom stereocenters. The number of carbonyl (C=O) groups excluding carboxylic acids is 1. The second-order valence-corrected chi connectivity index (χ2v) is 5.54. The molecule has 2 aromatic carbocycles. The van der Waals surface area contributed by atoms with Gasteiger partial charge in [0.2, 0.25) is 0 Å². The summed E-state index contributed by atoms with van der Waals surface area (Å²) in [7, 11) is 0. The molecule has 0 spiro atoms. The average molecular weight is 357 g/mol. The molecule has 0 fully saturated rings. The Morgan fingerprint density at radius 1 is 1.08 bits per heavy atom. The Bertz CT molecular complexity index is 717. The van der Waals surface area contributed by atoms with Gasteiger partial charge in [-0.15, -0.1) is 0 Å². The number of carboxylic acids is 1. The Labute approximate surface area is 168 Å². The largest absolute Gasteiger partial charge is 1.00 e. The van der Waals surface area contributed by atoms with Crippen LogP contribution in [0, 0.1) is 13.8 Å². The first kappa shape index (κ1) is 25.0. The van der Waals surface area contributed by atoms with E-state index in [1.54, 1.807) is 6.07 Å². The predicted octanol–water partition coefficient (Wildman–Crippen LogP) is -2.70. The van der Waals surface area contributed by atoms with E-state index in [9.17, 15) is 9.90 Å². The summed E-state index contributed by atoms with van der Waals surface area (Å²) in [5.74, 6) is -1.15. The van der Waals surface area contributed by atoms with Crippen LogP contribution in [0.2, 0.25) is 0 Å². The minimum Gasteiger partial charge on any atom is -0.550 e. The van der Waals surface area contributed by atoms with Crippen molar-refractivity contribution in [2.75, 3.05) is 5.73 Å².